The summed E-state index contributed by atoms with van der Waals surface area (Å²) in [6.45, 7) is -3.81. The highest BCUT2D eigenvalue weighted by atomic mass is 32.5. The topological polar surface area (TPSA) is 29.5 Å². The Morgan fingerprint density at radius 1 is 2.00 bits per heavy atom. The fourth-order valence-corrected chi connectivity index (χ4v) is 0. The Kier molecular flexibility index (Phi) is 2.15. The lowest BCUT2D eigenvalue weighted by atomic mass is 11.8. The summed E-state index contributed by atoms with van der Waals surface area (Å²) in [5.41, 5.74) is 0. The minimum Gasteiger partial charge on any atom is -0.321 e. The van der Waals surface area contributed by atoms with Gasteiger partial charge in [0.1, 0.15) is 0 Å². The Morgan fingerprint density at radius 2 is 2.17 bits per heavy atom. The van der Waals surface area contributed by atoms with Gasteiger partial charge in [0.15, 0.2) is 0 Å². The number of halogens is 1. The van der Waals surface area contributed by atoms with Crippen LogP contribution in [0.4, 0.5) is 4.20 Å². The summed E-state index contributed by atoms with van der Waals surface area (Å²) >= 11 is 3.76. The molecule has 0 radical (unpaired) electrons. The molecule has 5 heteroatoms. The molecule has 0 amide bonds. The van der Waals surface area contributed by atoms with Gasteiger partial charge < -0.3 is 9.42 Å². The average molecular weight is 130 g/mol. The van der Waals surface area contributed by atoms with Crippen LogP contribution in [-0.4, -0.2) is 12.0 Å². The van der Waals surface area contributed by atoms with E-state index >= 15 is 0 Å². The molecule has 0 aliphatic heterocycles. The first-order chi connectivity index (χ1) is 2.56. The fraction of sp³-hybridized carbons (Fsp3) is 1.00. The number of rotatable bonds is 1. The van der Waals surface area contributed by atoms with E-state index in [-0.39, 0.29) is 0 Å². The van der Waals surface area contributed by atoms with Crippen molar-refractivity contribution in [3.63, 3.8) is 0 Å². The van der Waals surface area contributed by atoms with Crippen LogP contribution in [0.15, 0.2) is 0 Å². The first-order valence-electron chi connectivity index (χ1n) is 1.14. The zero-order valence-corrected chi connectivity index (χ0v) is 4.80. The highest BCUT2D eigenvalue weighted by molar-refractivity contribution is 8.06. The van der Waals surface area contributed by atoms with Crippen LogP contribution in [0.25, 0.3) is 0 Å². The van der Waals surface area contributed by atoms with Gasteiger partial charge in [-0.1, -0.05) is 0 Å². The van der Waals surface area contributed by atoms with Crippen LogP contribution < -0.4 is 0 Å². The third-order valence-electron chi connectivity index (χ3n) is 0.225. The number of hydrogen-bond acceptors (Lipinski definition) is 2. The molecular weight excluding hydrogens is 126 g/mol. The molecule has 38 valence electrons. The van der Waals surface area contributed by atoms with Gasteiger partial charge in [0.2, 0.25) is 0 Å². The molecule has 0 fully saturated rings. The molecule has 0 aliphatic rings. The van der Waals surface area contributed by atoms with Crippen LogP contribution in [0, 0.1) is 0 Å². The third-order valence-corrected chi connectivity index (χ3v) is 1.12. The maximum absolute atomic E-state index is 11.4. The second kappa shape index (κ2) is 1.98. The average Bonchev–Trinajstić information content (AvgIpc) is 1.35. The molecule has 0 rings (SSSR count). The molecule has 0 heterocycles. The Morgan fingerprint density at radius 3 is 2.17 bits per heavy atom. The molecule has 0 saturated carbocycles. The van der Waals surface area contributed by atoms with E-state index in [1.165, 1.54) is 0 Å². The molecule has 2 nitrogen and oxygen atoms in total. The van der Waals surface area contributed by atoms with Crippen molar-refractivity contribution in [2.75, 3.05) is 7.11 Å². The van der Waals surface area contributed by atoms with Gasteiger partial charge in [-0.2, -0.15) is 4.20 Å². The Labute approximate surface area is 40.2 Å². The van der Waals surface area contributed by atoms with Crippen molar-refractivity contribution in [2.45, 2.75) is 0 Å². The van der Waals surface area contributed by atoms with E-state index in [1.807, 2.05) is 0 Å². The van der Waals surface area contributed by atoms with E-state index in [1.54, 1.807) is 0 Å². The number of hydrogen-bond donors (Lipinski definition) is 1. The Balaban J connectivity index is 3.48. The van der Waals surface area contributed by atoms with E-state index in [4.69, 9.17) is 4.89 Å². The third kappa shape index (κ3) is 4.50. The predicted molar refractivity (Wildman–Crippen MR) is 24.6 cm³/mol. The minimum absolute atomic E-state index is 1.03. The normalized spacial score (nSPS) is 19.8. The van der Waals surface area contributed by atoms with E-state index in [0.29, 0.717) is 0 Å². The standard InChI is InChI=1S/CH4FO2PS/c1-4-5(2,3)6/h1H3,(H,3,6). The molecule has 0 spiro atoms. The molecule has 0 aromatic heterocycles. The van der Waals surface area contributed by atoms with Gasteiger partial charge in [0.25, 0.3) is 0 Å². The van der Waals surface area contributed by atoms with Gasteiger partial charge in [0.05, 0.1) is 0 Å². The quantitative estimate of drug-likeness (QED) is 0.533. The largest absolute Gasteiger partial charge is 0.363 e. The van der Waals surface area contributed by atoms with Gasteiger partial charge in [-0.3, -0.25) is 0 Å². The Hall–Kier alpha value is 0.500. The molecule has 0 bridgehead atoms. The molecule has 0 aromatic carbocycles. The molecular formula is CH4FO2PS. The first kappa shape index (κ1) is 6.50. The molecule has 1 N–H and O–H groups in total. The highest BCUT2D eigenvalue weighted by Crippen LogP contribution is 2.42. The van der Waals surface area contributed by atoms with Crippen LogP contribution in [0.2, 0.25) is 0 Å². The van der Waals surface area contributed by atoms with Crippen molar-refractivity contribution in [1.29, 1.82) is 0 Å². The first-order valence-corrected chi connectivity index (χ1v) is 3.71. The lowest BCUT2D eigenvalue weighted by Crippen LogP contribution is -1.69. The second-order valence-corrected chi connectivity index (χ2v) is 3.25. The molecule has 1 unspecified atom stereocenters. The Bertz CT molecular complexity index is 77.6. The maximum Gasteiger partial charge on any atom is 0.363 e. The van der Waals surface area contributed by atoms with Crippen molar-refractivity contribution in [1.82, 2.24) is 0 Å². The maximum atomic E-state index is 11.4. The zero-order chi connectivity index (χ0) is 5.21. The summed E-state index contributed by atoms with van der Waals surface area (Å²) < 4.78 is 15.1. The second-order valence-electron chi connectivity index (χ2n) is 0.634. The predicted octanol–water partition coefficient (Wildman–Crippen LogP) is 0.819. The van der Waals surface area contributed by atoms with Crippen LogP contribution in [0.5, 0.6) is 0 Å². The molecule has 0 saturated heterocycles. The monoisotopic (exact) mass is 130 g/mol. The molecule has 1 atom stereocenters. The summed E-state index contributed by atoms with van der Waals surface area (Å²) in [6, 6.07) is 0. The minimum atomic E-state index is -3.81. The highest BCUT2D eigenvalue weighted by Gasteiger charge is 2.04. The lowest BCUT2D eigenvalue weighted by molar-refractivity contribution is 0.348. The van der Waals surface area contributed by atoms with Gasteiger partial charge in [-0.25, -0.2) is 0 Å². The van der Waals surface area contributed by atoms with Gasteiger partial charge in [-0.05, 0) is 11.8 Å². The summed E-state index contributed by atoms with van der Waals surface area (Å²) in [4.78, 5) is 7.86. The zero-order valence-electron chi connectivity index (χ0n) is 3.09. The molecule has 6 heavy (non-hydrogen) atoms. The summed E-state index contributed by atoms with van der Waals surface area (Å²) in [5, 5.41) is 0. The smallest absolute Gasteiger partial charge is 0.321 e. The summed E-state index contributed by atoms with van der Waals surface area (Å²) in [7, 11) is 1.03. The molecule has 0 aliphatic carbocycles. The van der Waals surface area contributed by atoms with Gasteiger partial charge in [0, 0.05) is 7.11 Å². The van der Waals surface area contributed by atoms with Crippen molar-refractivity contribution in [2.24, 2.45) is 0 Å². The SMILES string of the molecule is COP(O)(F)=S. The fourth-order valence-electron chi connectivity index (χ4n) is 0. The van der Waals surface area contributed by atoms with Crippen molar-refractivity contribution >= 4 is 18.6 Å². The van der Waals surface area contributed by atoms with Crippen molar-refractivity contribution < 1.29 is 13.6 Å². The van der Waals surface area contributed by atoms with Crippen molar-refractivity contribution in [3.8, 4) is 0 Å². The van der Waals surface area contributed by atoms with Crippen LogP contribution >= 0.6 is 6.80 Å². The van der Waals surface area contributed by atoms with Crippen LogP contribution in [0.3, 0.4) is 0 Å². The summed E-state index contributed by atoms with van der Waals surface area (Å²) in [6.07, 6.45) is 0. The van der Waals surface area contributed by atoms with Gasteiger partial charge >= 0.3 is 6.80 Å². The lowest BCUT2D eigenvalue weighted by Gasteiger charge is -1.95. The summed E-state index contributed by atoms with van der Waals surface area (Å²) in [5.74, 6) is 0. The van der Waals surface area contributed by atoms with Crippen LogP contribution in [0.1, 0.15) is 0 Å². The van der Waals surface area contributed by atoms with E-state index in [9.17, 15) is 4.20 Å². The van der Waals surface area contributed by atoms with E-state index in [0.717, 1.165) is 7.11 Å². The van der Waals surface area contributed by atoms with Crippen LogP contribution in [-0.2, 0) is 16.3 Å². The van der Waals surface area contributed by atoms with E-state index < -0.39 is 6.80 Å². The van der Waals surface area contributed by atoms with E-state index in [2.05, 4.69) is 16.3 Å². The van der Waals surface area contributed by atoms with Gasteiger partial charge in [-0.15, -0.1) is 0 Å². The molecule has 0 aromatic rings. The van der Waals surface area contributed by atoms with Crippen molar-refractivity contribution in [3.05, 3.63) is 0 Å².